The summed E-state index contributed by atoms with van der Waals surface area (Å²) in [4.78, 5) is 3.92. The summed E-state index contributed by atoms with van der Waals surface area (Å²) in [5, 5.41) is 41.5. The minimum atomic E-state index is -1.05. The molecule has 34 heavy (non-hydrogen) atoms. The number of aryl methyl sites for hydroxylation is 1. The van der Waals surface area contributed by atoms with Crippen LogP contribution >= 0.6 is 0 Å². The molecule has 6 N–H and O–H groups in total. The maximum Gasteiger partial charge on any atom is 0.184 e. The van der Waals surface area contributed by atoms with Gasteiger partial charge in [-0.3, -0.25) is 0 Å². The van der Waals surface area contributed by atoms with Crippen molar-refractivity contribution in [1.82, 2.24) is 4.98 Å². The van der Waals surface area contributed by atoms with Crippen LogP contribution in [0.2, 0.25) is 0 Å². The van der Waals surface area contributed by atoms with Crippen LogP contribution in [0.1, 0.15) is 41.5 Å². The molecule has 2 aromatic rings. The Balaban J connectivity index is 1.90. The predicted octanol–water partition coefficient (Wildman–Crippen LogP) is 2.10. The molecular weight excluding hydrogens is 436 g/mol. The molecule has 1 fully saturated rings. The van der Waals surface area contributed by atoms with Crippen molar-refractivity contribution in [3.63, 3.8) is 0 Å². The molecule has 9 nitrogen and oxygen atoms in total. The Morgan fingerprint density at radius 2 is 2.18 bits per heavy atom. The van der Waals surface area contributed by atoms with E-state index in [1.165, 1.54) is 12.3 Å². The third kappa shape index (κ3) is 6.34. The van der Waals surface area contributed by atoms with Crippen LogP contribution in [0.4, 0.5) is 5.69 Å². The van der Waals surface area contributed by atoms with Crippen LogP contribution < -0.4 is 11.1 Å². The van der Waals surface area contributed by atoms with Gasteiger partial charge in [0, 0.05) is 29.9 Å². The number of ether oxygens (including phenoxy) is 2. The molecule has 180 valence electrons. The molecule has 0 amide bonds. The quantitative estimate of drug-likeness (QED) is 0.190. The van der Waals surface area contributed by atoms with E-state index >= 15 is 0 Å². The van der Waals surface area contributed by atoms with Crippen molar-refractivity contribution in [2.45, 2.75) is 31.6 Å². The van der Waals surface area contributed by atoms with Gasteiger partial charge in [-0.05, 0) is 54.3 Å². The molecule has 2 unspecified atom stereocenters. The Hall–Kier alpha value is -3.42. The van der Waals surface area contributed by atoms with Crippen molar-refractivity contribution < 1.29 is 24.8 Å². The first kappa shape index (κ1) is 25.2. The molecule has 1 saturated heterocycles. The first-order chi connectivity index (χ1) is 16.4. The standard InChI is InChI=1S/C25H30N4O5/c1-17-2-3-20(29-24(32)19-5-8-28-21(12-19)15-26)14-22(17)18(13-23(27)33-11-9-30)4-6-25(16-31)7-10-34-25/h2-5,8,12-14,24,29-32H,6-7,9-11,16,27H2,1H3/b18-4+,23-13+. The number of rotatable bonds is 11. The minimum absolute atomic E-state index is 0.0721. The number of nitrogens with zero attached hydrogens (tertiary/aromatic N) is 2. The van der Waals surface area contributed by atoms with E-state index in [0.29, 0.717) is 24.3 Å². The van der Waals surface area contributed by atoms with Gasteiger partial charge in [-0.15, -0.1) is 0 Å². The van der Waals surface area contributed by atoms with Gasteiger partial charge in [-0.2, -0.15) is 5.26 Å². The van der Waals surface area contributed by atoms with Crippen LogP contribution in [-0.2, 0) is 9.47 Å². The van der Waals surface area contributed by atoms with Gasteiger partial charge < -0.3 is 35.8 Å². The van der Waals surface area contributed by atoms with Crippen molar-refractivity contribution >= 4 is 11.3 Å². The van der Waals surface area contributed by atoms with Crippen LogP contribution in [0.3, 0.4) is 0 Å². The zero-order chi connectivity index (χ0) is 24.6. The van der Waals surface area contributed by atoms with Crippen molar-refractivity contribution in [3.05, 3.63) is 76.9 Å². The van der Waals surface area contributed by atoms with Gasteiger partial charge in [0.2, 0.25) is 0 Å². The highest BCUT2D eigenvalue weighted by atomic mass is 16.5. The Morgan fingerprint density at radius 1 is 1.38 bits per heavy atom. The molecule has 0 spiro atoms. The van der Waals surface area contributed by atoms with E-state index in [9.17, 15) is 10.2 Å². The molecular formula is C25H30N4O5. The van der Waals surface area contributed by atoms with E-state index in [0.717, 1.165) is 23.1 Å². The largest absolute Gasteiger partial charge is 0.477 e. The average molecular weight is 467 g/mol. The molecule has 1 aromatic heterocycles. The lowest BCUT2D eigenvalue weighted by molar-refractivity contribution is -0.167. The number of allylic oxidation sites excluding steroid dienone is 2. The average Bonchev–Trinajstić information content (AvgIpc) is 2.82. The van der Waals surface area contributed by atoms with Crippen molar-refractivity contribution in [3.8, 4) is 6.07 Å². The lowest BCUT2D eigenvalue weighted by Crippen LogP contribution is -2.46. The van der Waals surface area contributed by atoms with Crippen LogP contribution in [0, 0.1) is 18.3 Å². The molecule has 0 radical (unpaired) electrons. The van der Waals surface area contributed by atoms with E-state index in [-0.39, 0.29) is 31.4 Å². The zero-order valence-corrected chi connectivity index (χ0v) is 19.1. The summed E-state index contributed by atoms with van der Waals surface area (Å²) in [6, 6.07) is 10.7. The second-order valence-electron chi connectivity index (χ2n) is 8.08. The highest BCUT2D eigenvalue weighted by molar-refractivity contribution is 5.78. The third-order valence-corrected chi connectivity index (χ3v) is 5.67. The van der Waals surface area contributed by atoms with Gasteiger partial charge in [-0.1, -0.05) is 12.1 Å². The van der Waals surface area contributed by atoms with Crippen molar-refractivity contribution in [1.29, 1.82) is 5.26 Å². The van der Waals surface area contributed by atoms with E-state index in [1.54, 1.807) is 12.1 Å². The van der Waals surface area contributed by atoms with Crippen LogP contribution in [0.15, 0.2) is 54.6 Å². The molecule has 1 aliphatic heterocycles. The number of hydrogen-bond donors (Lipinski definition) is 5. The van der Waals surface area contributed by atoms with Gasteiger partial charge in [0.05, 0.1) is 25.4 Å². The smallest absolute Gasteiger partial charge is 0.184 e. The predicted molar refractivity (Wildman–Crippen MR) is 127 cm³/mol. The van der Waals surface area contributed by atoms with E-state index < -0.39 is 11.8 Å². The molecule has 9 heteroatoms. The molecule has 2 atom stereocenters. The number of aliphatic hydroxyl groups is 3. The normalized spacial score (nSPS) is 19.1. The highest BCUT2D eigenvalue weighted by Gasteiger charge is 2.36. The van der Waals surface area contributed by atoms with Crippen LogP contribution in [0.25, 0.3) is 5.57 Å². The monoisotopic (exact) mass is 466 g/mol. The Labute approximate surface area is 198 Å². The van der Waals surface area contributed by atoms with Crippen molar-refractivity contribution in [2.24, 2.45) is 5.73 Å². The minimum Gasteiger partial charge on any atom is -0.477 e. The number of pyridine rings is 1. The topological polar surface area (TPSA) is 154 Å². The maximum atomic E-state index is 10.6. The molecule has 3 rings (SSSR count). The Morgan fingerprint density at radius 3 is 2.82 bits per heavy atom. The molecule has 1 aliphatic rings. The molecule has 0 bridgehead atoms. The number of anilines is 1. The molecule has 0 saturated carbocycles. The first-order valence-corrected chi connectivity index (χ1v) is 11.0. The van der Waals surface area contributed by atoms with Crippen LogP contribution in [0.5, 0.6) is 0 Å². The maximum absolute atomic E-state index is 10.6. The lowest BCUT2D eigenvalue weighted by atomic mass is 9.89. The number of aliphatic hydroxyl groups excluding tert-OH is 3. The molecule has 2 heterocycles. The highest BCUT2D eigenvalue weighted by Crippen LogP contribution is 2.33. The fourth-order valence-corrected chi connectivity index (χ4v) is 3.58. The summed E-state index contributed by atoms with van der Waals surface area (Å²) >= 11 is 0. The van der Waals surface area contributed by atoms with E-state index in [4.69, 9.17) is 25.6 Å². The summed E-state index contributed by atoms with van der Waals surface area (Å²) < 4.78 is 10.9. The number of aromatic nitrogens is 1. The van der Waals surface area contributed by atoms with Crippen LogP contribution in [-0.4, -0.2) is 52.3 Å². The summed E-state index contributed by atoms with van der Waals surface area (Å²) in [7, 11) is 0. The SMILES string of the molecule is Cc1ccc(NC(O)c2ccnc(C#N)c2)cc1C(/C=C(\N)OCCO)=C/CC1(CO)CCO1. The summed E-state index contributed by atoms with van der Waals surface area (Å²) in [6.45, 7) is 2.39. The second-order valence-corrected chi connectivity index (χ2v) is 8.08. The second kappa shape index (κ2) is 11.6. The van der Waals surface area contributed by atoms with Gasteiger partial charge in [0.25, 0.3) is 0 Å². The number of hydrogen-bond acceptors (Lipinski definition) is 9. The first-order valence-electron chi connectivity index (χ1n) is 11.0. The number of benzene rings is 1. The van der Waals surface area contributed by atoms with Crippen molar-refractivity contribution in [2.75, 3.05) is 31.7 Å². The summed E-state index contributed by atoms with van der Waals surface area (Å²) in [5.74, 6) is 0.145. The fourth-order valence-electron chi connectivity index (χ4n) is 3.58. The fraction of sp³-hybridized carbons (Fsp3) is 0.360. The summed E-state index contributed by atoms with van der Waals surface area (Å²) in [6.07, 6.45) is 5.28. The van der Waals surface area contributed by atoms with Gasteiger partial charge in [-0.25, -0.2) is 4.98 Å². The Kier molecular flexibility index (Phi) is 8.62. The number of nitrogens with two attached hydrogens (primary N) is 1. The lowest BCUT2D eigenvalue weighted by Gasteiger charge is -2.39. The number of nitriles is 1. The van der Waals surface area contributed by atoms with Gasteiger partial charge in [0.15, 0.2) is 12.1 Å². The third-order valence-electron chi connectivity index (χ3n) is 5.67. The summed E-state index contributed by atoms with van der Waals surface area (Å²) in [5.41, 5.74) is 9.34. The molecule has 1 aromatic carbocycles. The number of nitrogens with one attached hydrogen (secondary N) is 1. The van der Waals surface area contributed by atoms with E-state index in [2.05, 4.69) is 10.3 Å². The Bertz CT molecular complexity index is 1080. The van der Waals surface area contributed by atoms with E-state index in [1.807, 2.05) is 37.3 Å². The zero-order valence-electron chi connectivity index (χ0n) is 19.1. The van der Waals surface area contributed by atoms with Gasteiger partial charge in [0.1, 0.15) is 18.4 Å². The van der Waals surface area contributed by atoms with Gasteiger partial charge >= 0.3 is 0 Å². The molecule has 0 aliphatic carbocycles.